The van der Waals surface area contributed by atoms with Crippen LogP contribution in [0, 0.1) is 11.3 Å². The Labute approximate surface area is 248 Å². The van der Waals surface area contributed by atoms with Crippen molar-refractivity contribution >= 4 is 45.3 Å². The van der Waals surface area contributed by atoms with Gasteiger partial charge in [-0.2, -0.15) is 10.2 Å². The van der Waals surface area contributed by atoms with Crippen molar-refractivity contribution in [1.82, 2.24) is 19.4 Å². The lowest BCUT2D eigenvalue weighted by Crippen LogP contribution is -2.55. The lowest BCUT2D eigenvalue weighted by Gasteiger charge is -2.39. The van der Waals surface area contributed by atoms with Crippen LogP contribution in [0.4, 0.5) is 10.6 Å². The topological polar surface area (TPSA) is 108 Å². The largest absolute Gasteiger partial charge is 0.489 e. The number of aromatic nitrogens is 3. The fourth-order valence-corrected chi connectivity index (χ4v) is 5.95. The summed E-state index contributed by atoms with van der Waals surface area (Å²) in [5.74, 6) is 1.43. The fourth-order valence-electron chi connectivity index (χ4n) is 5.79. The van der Waals surface area contributed by atoms with E-state index in [0.29, 0.717) is 31.9 Å². The molecule has 5 aromatic rings. The van der Waals surface area contributed by atoms with E-state index in [4.69, 9.17) is 16.3 Å². The number of rotatable bonds is 7. The Morgan fingerprint density at radius 3 is 2.67 bits per heavy atom. The molecule has 1 unspecified atom stereocenters. The molecule has 0 bridgehead atoms. The summed E-state index contributed by atoms with van der Waals surface area (Å²) in [6.45, 7) is 1.52. The maximum atomic E-state index is 11.7. The Morgan fingerprint density at radius 1 is 1.10 bits per heavy atom. The third-order valence-corrected chi connectivity index (χ3v) is 7.92. The zero-order valence-corrected chi connectivity index (χ0v) is 23.8. The highest BCUT2D eigenvalue weighted by atomic mass is 35.5. The van der Waals surface area contributed by atoms with Crippen LogP contribution < -0.4 is 9.64 Å². The van der Waals surface area contributed by atoms with Crippen molar-refractivity contribution in [2.45, 2.75) is 25.5 Å². The summed E-state index contributed by atoms with van der Waals surface area (Å²) in [6.07, 6.45) is 1.71. The number of aryl methyl sites for hydroxylation is 1. The first-order chi connectivity index (χ1) is 20.4. The van der Waals surface area contributed by atoms with Gasteiger partial charge in [0.05, 0.1) is 24.0 Å². The molecule has 10 heteroatoms. The monoisotopic (exact) mass is 580 g/mol. The van der Waals surface area contributed by atoms with E-state index >= 15 is 0 Å². The van der Waals surface area contributed by atoms with Crippen molar-refractivity contribution in [3.8, 4) is 11.8 Å². The minimum absolute atomic E-state index is 0.0961. The predicted octanol–water partition coefficient (Wildman–Crippen LogP) is 6.03. The molecule has 212 valence electrons. The van der Waals surface area contributed by atoms with E-state index in [1.165, 1.54) is 4.90 Å². The van der Waals surface area contributed by atoms with Gasteiger partial charge in [-0.1, -0.05) is 54.6 Å². The van der Waals surface area contributed by atoms with Gasteiger partial charge in [0, 0.05) is 44.9 Å². The van der Waals surface area contributed by atoms with Crippen LogP contribution in [0.25, 0.3) is 21.8 Å². The van der Waals surface area contributed by atoms with Gasteiger partial charge in [0.1, 0.15) is 17.9 Å². The SMILES string of the molecule is Cn1cc(Cc2cc(OCc3ccccc3)cc3ccccc23)c2nc(Cl)nc(N3CCN(C(=O)O)C(CC#N)C3)c21. The van der Waals surface area contributed by atoms with E-state index in [1.807, 2.05) is 65.2 Å². The molecule has 0 radical (unpaired) electrons. The molecule has 6 rings (SSSR count). The zero-order chi connectivity index (χ0) is 29.2. The number of nitrogens with zero attached hydrogens (tertiary/aromatic N) is 6. The first kappa shape index (κ1) is 27.4. The van der Waals surface area contributed by atoms with Crippen LogP contribution in [0.5, 0.6) is 5.75 Å². The van der Waals surface area contributed by atoms with E-state index in [-0.39, 0.29) is 18.2 Å². The first-order valence-corrected chi connectivity index (χ1v) is 14.1. The maximum absolute atomic E-state index is 11.7. The zero-order valence-electron chi connectivity index (χ0n) is 23.1. The molecule has 3 heterocycles. The molecule has 0 aliphatic carbocycles. The first-order valence-electron chi connectivity index (χ1n) is 13.7. The van der Waals surface area contributed by atoms with Crippen LogP contribution in [0.2, 0.25) is 5.28 Å². The third kappa shape index (κ3) is 5.41. The van der Waals surface area contributed by atoms with E-state index in [0.717, 1.165) is 44.2 Å². The van der Waals surface area contributed by atoms with E-state index in [9.17, 15) is 15.2 Å². The van der Waals surface area contributed by atoms with Crippen LogP contribution >= 0.6 is 11.6 Å². The molecule has 2 aromatic heterocycles. The molecule has 1 N–H and O–H groups in total. The van der Waals surface area contributed by atoms with Gasteiger partial charge in [-0.3, -0.25) is 0 Å². The average molecular weight is 581 g/mol. The van der Waals surface area contributed by atoms with E-state index in [2.05, 4.69) is 40.3 Å². The number of hydrogen-bond acceptors (Lipinski definition) is 6. The molecule has 42 heavy (non-hydrogen) atoms. The summed E-state index contributed by atoms with van der Waals surface area (Å²) < 4.78 is 8.21. The molecule has 1 saturated heterocycles. The smallest absolute Gasteiger partial charge is 0.407 e. The number of halogens is 1. The summed E-state index contributed by atoms with van der Waals surface area (Å²) in [4.78, 5) is 24.3. The Kier molecular flexibility index (Phi) is 7.55. The van der Waals surface area contributed by atoms with Crippen molar-refractivity contribution in [3.05, 3.63) is 94.9 Å². The molecular formula is C32H29ClN6O3. The van der Waals surface area contributed by atoms with Crippen LogP contribution in [-0.2, 0) is 20.1 Å². The van der Waals surface area contributed by atoms with Crippen LogP contribution in [0.3, 0.4) is 0 Å². The van der Waals surface area contributed by atoms with Gasteiger partial charge in [0.2, 0.25) is 5.28 Å². The number of hydrogen-bond donors (Lipinski definition) is 1. The van der Waals surface area contributed by atoms with Crippen LogP contribution in [0.1, 0.15) is 23.1 Å². The van der Waals surface area contributed by atoms with E-state index in [1.54, 1.807) is 0 Å². The molecule has 0 spiro atoms. The van der Waals surface area contributed by atoms with Crippen LogP contribution in [0.15, 0.2) is 72.9 Å². The van der Waals surface area contributed by atoms with Crippen molar-refractivity contribution < 1.29 is 14.6 Å². The number of carboxylic acid groups (broad SMARTS) is 1. The van der Waals surface area contributed by atoms with Crippen LogP contribution in [-0.4, -0.2) is 56.3 Å². The summed E-state index contributed by atoms with van der Waals surface area (Å²) in [7, 11) is 1.95. The second-order valence-electron chi connectivity index (χ2n) is 10.5. The van der Waals surface area contributed by atoms with E-state index < -0.39 is 12.1 Å². The summed E-state index contributed by atoms with van der Waals surface area (Å²) >= 11 is 6.49. The highest BCUT2D eigenvalue weighted by Crippen LogP contribution is 2.34. The number of benzene rings is 3. The molecular weight excluding hydrogens is 552 g/mol. The van der Waals surface area contributed by atoms with Crippen molar-refractivity contribution in [2.75, 3.05) is 24.5 Å². The molecule has 9 nitrogen and oxygen atoms in total. The molecule has 1 aliphatic rings. The molecule has 1 atom stereocenters. The van der Waals surface area contributed by atoms with Gasteiger partial charge < -0.3 is 24.2 Å². The Bertz CT molecular complexity index is 1820. The number of anilines is 1. The maximum Gasteiger partial charge on any atom is 0.407 e. The second-order valence-corrected chi connectivity index (χ2v) is 10.8. The number of ether oxygens (including phenoxy) is 1. The third-order valence-electron chi connectivity index (χ3n) is 7.75. The second kappa shape index (κ2) is 11.6. The Hall–Kier alpha value is -4.81. The molecule has 1 amide bonds. The number of amides is 1. The fraction of sp³-hybridized carbons (Fsp3) is 0.250. The number of piperazine rings is 1. The number of fused-ring (bicyclic) bond motifs is 2. The summed E-state index contributed by atoms with van der Waals surface area (Å²) in [5, 5.41) is 21.3. The number of carbonyl (C=O) groups is 1. The van der Waals surface area contributed by atoms with Crippen molar-refractivity contribution in [3.63, 3.8) is 0 Å². The van der Waals surface area contributed by atoms with Gasteiger partial charge in [0.15, 0.2) is 5.82 Å². The minimum Gasteiger partial charge on any atom is -0.489 e. The highest BCUT2D eigenvalue weighted by Gasteiger charge is 2.32. The van der Waals surface area contributed by atoms with Gasteiger partial charge >= 0.3 is 6.09 Å². The van der Waals surface area contributed by atoms with Gasteiger partial charge in [0.25, 0.3) is 0 Å². The molecule has 0 saturated carbocycles. The average Bonchev–Trinajstić information content (AvgIpc) is 3.30. The normalized spacial score (nSPS) is 15.2. The van der Waals surface area contributed by atoms with Gasteiger partial charge in [-0.15, -0.1) is 0 Å². The predicted molar refractivity (Wildman–Crippen MR) is 162 cm³/mol. The Morgan fingerprint density at radius 2 is 1.88 bits per heavy atom. The molecule has 1 aliphatic heterocycles. The Balaban J connectivity index is 1.36. The standard InChI is InChI=1S/C32H29ClN6O3/c1-37-18-24(15-23-17-26(16-22-9-5-6-10-27(22)23)42-20-21-7-3-2-4-8-21)28-29(37)30(36-31(33)35-28)38-13-14-39(32(40)41)25(19-38)11-12-34/h2-10,16-18,25H,11,13-15,19-20H2,1H3,(H,40,41). The highest BCUT2D eigenvalue weighted by molar-refractivity contribution is 6.28. The van der Waals surface area contributed by atoms with Crippen molar-refractivity contribution in [2.24, 2.45) is 7.05 Å². The summed E-state index contributed by atoms with van der Waals surface area (Å²) in [6, 6.07) is 24.1. The van der Waals surface area contributed by atoms with Crippen molar-refractivity contribution in [1.29, 1.82) is 5.26 Å². The lowest BCUT2D eigenvalue weighted by molar-refractivity contribution is 0.119. The van der Waals surface area contributed by atoms with Gasteiger partial charge in [-0.05, 0) is 45.6 Å². The lowest BCUT2D eigenvalue weighted by atomic mass is 9.98. The molecule has 1 fully saturated rings. The van der Waals surface area contributed by atoms with Gasteiger partial charge in [-0.25, -0.2) is 9.78 Å². The minimum atomic E-state index is -1.02. The molecule has 3 aromatic carbocycles. The quantitative estimate of drug-likeness (QED) is 0.234. The number of nitriles is 1. The summed E-state index contributed by atoms with van der Waals surface area (Å²) in [5.41, 5.74) is 4.74.